The van der Waals surface area contributed by atoms with Crippen LogP contribution in [0.25, 0.3) is 0 Å². The van der Waals surface area contributed by atoms with Gasteiger partial charge in [-0.05, 0) is 68.1 Å². The van der Waals surface area contributed by atoms with E-state index in [0.717, 1.165) is 28.6 Å². The molecule has 0 aliphatic carbocycles. The van der Waals surface area contributed by atoms with E-state index in [4.69, 9.17) is 4.74 Å². The van der Waals surface area contributed by atoms with Crippen molar-refractivity contribution in [1.82, 2.24) is 4.98 Å². The third kappa shape index (κ3) is 4.74. The van der Waals surface area contributed by atoms with E-state index in [0.29, 0.717) is 11.5 Å². The Bertz CT molecular complexity index is 945. The highest BCUT2D eigenvalue weighted by molar-refractivity contribution is 7.13. The van der Waals surface area contributed by atoms with Gasteiger partial charge in [0.05, 0.1) is 5.69 Å². The Morgan fingerprint density at radius 2 is 1.81 bits per heavy atom. The number of amides is 1. The van der Waals surface area contributed by atoms with E-state index in [2.05, 4.69) is 31.1 Å². The van der Waals surface area contributed by atoms with Gasteiger partial charge in [-0.2, -0.15) is 0 Å². The summed E-state index contributed by atoms with van der Waals surface area (Å²) in [6.45, 7) is 8.45. The first-order chi connectivity index (χ1) is 13.0. The molecule has 0 saturated heterocycles. The maximum absolute atomic E-state index is 12.6. The lowest BCUT2D eigenvalue weighted by molar-refractivity contribution is 0.103. The molecule has 0 aliphatic rings. The summed E-state index contributed by atoms with van der Waals surface area (Å²) in [5.74, 6) is 0.680. The van der Waals surface area contributed by atoms with Crippen molar-refractivity contribution in [1.29, 1.82) is 0 Å². The van der Waals surface area contributed by atoms with E-state index in [1.54, 1.807) is 0 Å². The van der Waals surface area contributed by atoms with Crippen LogP contribution in [0.15, 0.2) is 42.5 Å². The van der Waals surface area contributed by atoms with Crippen molar-refractivity contribution in [2.75, 3.05) is 5.32 Å². The zero-order valence-electron chi connectivity index (χ0n) is 16.1. The molecule has 4 nitrogen and oxygen atoms in total. The van der Waals surface area contributed by atoms with Gasteiger partial charge in [0, 0.05) is 5.69 Å². The second kappa shape index (κ2) is 8.35. The number of ether oxygens (including phenoxy) is 1. The monoisotopic (exact) mass is 380 g/mol. The SMILES string of the molecule is CCc1ccc(NC(=O)c2sc(COc3ccc(C)c(C)c3)nc2C)cc1. The van der Waals surface area contributed by atoms with Gasteiger partial charge in [0.25, 0.3) is 5.91 Å². The number of nitrogens with zero attached hydrogens (tertiary/aromatic N) is 1. The Morgan fingerprint density at radius 3 is 2.48 bits per heavy atom. The standard InChI is InChI=1S/C22H24N2O2S/c1-5-17-7-9-18(10-8-17)24-22(25)21-16(4)23-20(27-21)13-26-19-11-6-14(2)15(3)12-19/h6-12H,5,13H2,1-4H3,(H,24,25). The number of benzene rings is 2. The van der Waals surface area contributed by atoms with Crippen molar-refractivity contribution >= 4 is 22.9 Å². The van der Waals surface area contributed by atoms with Gasteiger partial charge in [-0.1, -0.05) is 25.1 Å². The number of rotatable bonds is 6. The predicted molar refractivity (Wildman–Crippen MR) is 111 cm³/mol. The van der Waals surface area contributed by atoms with Crippen LogP contribution in [-0.2, 0) is 13.0 Å². The van der Waals surface area contributed by atoms with E-state index >= 15 is 0 Å². The fraction of sp³-hybridized carbons (Fsp3) is 0.273. The molecule has 2 aromatic carbocycles. The second-order valence-corrected chi connectivity index (χ2v) is 7.65. The molecule has 1 heterocycles. The topological polar surface area (TPSA) is 51.2 Å². The molecule has 0 spiro atoms. The average Bonchev–Trinajstić information content (AvgIpc) is 3.04. The van der Waals surface area contributed by atoms with Crippen LogP contribution in [-0.4, -0.2) is 10.9 Å². The first-order valence-electron chi connectivity index (χ1n) is 9.03. The maximum Gasteiger partial charge on any atom is 0.267 e. The highest BCUT2D eigenvalue weighted by Gasteiger charge is 2.16. The largest absolute Gasteiger partial charge is 0.486 e. The number of nitrogens with one attached hydrogen (secondary N) is 1. The summed E-state index contributed by atoms with van der Waals surface area (Å²) < 4.78 is 5.84. The molecule has 1 amide bonds. The number of hydrogen-bond acceptors (Lipinski definition) is 4. The summed E-state index contributed by atoms with van der Waals surface area (Å²) in [6.07, 6.45) is 0.978. The van der Waals surface area contributed by atoms with Crippen LogP contribution in [0.1, 0.15) is 44.0 Å². The molecule has 0 radical (unpaired) electrons. The zero-order valence-corrected chi connectivity index (χ0v) is 16.9. The van der Waals surface area contributed by atoms with Gasteiger partial charge >= 0.3 is 0 Å². The molecule has 27 heavy (non-hydrogen) atoms. The zero-order chi connectivity index (χ0) is 19.4. The van der Waals surface area contributed by atoms with Crippen molar-refractivity contribution in [3.63, 3.8) is 0 Å². The minimum Gasteiger partial charge on any atom is -0.486 e. The molecule has 0 fully saturated rings. The smallest absolute Gasteiger partial charge is 0.267 e. The molecule has 0 saturated carbocycles. The number of thiazole rings is 1. The van der Waals surface area contributed by atoms with Crippen molar-refractivity contribution in [2.24, 2.45) is 0 Å². The summed E-state index contributed by atoms with van der Waals surface area (Å²) in [7, 11) is 0. The molecule has 0 bridgehead atoms. The minimum atomic E-state index is -0.133. The summed E-state index contributed by atoms with van der Waals surface area (Å²) in [4.78, 5) is 17.7. The fourth-order valence-corrected chi connectivity index (χ4v) is 3.56. The lowest BCUT2D eigenvalue weighted by Crippen LogP contribution is -2.11. The van der Waals surface area contributed by atoms with Gasteiger partial charge in [0.1, 0.15) is 22.2 Å². The average molecular weight is 381 g/mol. The van der Waals surface area contributed by atoms with Crippen molar-refractivity contribution in [3.05, 3.63) is 74.7 Å². The predicted octanol–water partition coefficient (Wildman–Crippen LogP) is 5.46. The molecule has 3 rings (SSSR count). The van der Waals surface area contributed by atoms with E-state index in [1.165, 1.54) is 28.0 Å². The quantitative estimate of drug-likeness (QED) is 0.617. The van der Waals surface area contributed by atoms with Gasteiger partial charge in [-0.25, -0.2) is 4.98 Å². The maximum atomic E-state index is 12.6. The van der Waals surface area contributed by atoms with E-state index in [-0.39, 0.29) is 5.91 Å². The van der Waals surface area contributed by atoms with Gasteiger partial charge in [0.2, 0.25) is 0 Å². The molecule has 0 aliphatic heterocycles. The van der Waals surface area contributed by atoms with Crippen LogP contribution in [0, 0.1) is 20.8 Å². The number of aromatic nitrogens is 1. The highest BCUT2D eigenvalue weighted by Crippen LogP contribution is 2.23. The van der Waals surface area contributed by atoms with Crippen LogP contribution in [0.4, 0.5) is 5.69 Å². The molecular weight excluding hydrogens is 356 g/mol. The second-order valence-electron chi connectivity index (χ2n) is 6.56. The summed E-state index contributed by atoms with van der Waals surface area (Å²) in [6, 6.07) is 13.9. The first kappa shape index (κ1) is 19.1. The molecule has 140 valence electrons. The molecule has 0 atom stereocenters. The van der Waals surface area contributed by atoms with Crippen LogP contribution in [0.5, 0.6) is 5.75 Å². The van der Waals surface area contributed by atoms with Crippen LogP contribution in [0.2, 0.25) is 0 Å². The van der Waals surface area contributed by atoms with Crippen molar-refractivity contribution < 1.29 is 9.53 Å². The van der Waals surface area contributed by atoms with Gasteiger partial charge in [-0.15, -0.1) is 11.3 Å². The Kier molecular flexibility index (Phi) is 5.91. The summed E-state index contributed by atoms with van der Waals surface area (Å²) >= 11 is 1.37. The lowest BCUT2D eigenvalue weighted by Gasteiger charge is -2.06. The third-order valence-electron chi connectivity index (χ3n) is 4.51. The molecule has 3 aromatic rings. The fourth-order valence-electron chi connectivity index (χ4n) is 2.69. The van der Waals surface area contributed by atoms with E-state index in [9.17, 15) is 4.79 Å². The first-order valence-corrected chi connectivity index (χ1v) is 9.84. The number of anilines is 1. The number of carbonyl (C=O) groups is 1. The van der Waals surface area contributed by atoms with Gasteiger partial charge in [-0.3, -0.25) is 4.79 Å². The molecule has 0 unspecified atom stereocenters. The Labute approximate surface area is 164 Å². The van der Waals surface area contributed by atoms with Crippen LogP contribution >= 0.6 is 11.3 Å². The molecular formula is C22H24N2O2S. The number of carbonyl (C=O) groups excluding carboxylic acids is 1. The van der Waals surface area contributed by atoms with Crippen LogP contribution < -0.4 is 10.1 Å². The highest BCUT2D eigenvalue weighted by atomic mass is 32.1. The van der Waals surface area contributed by atoms with Crippen molar-refractivity contribution in [2.45, 2.75) is 40.7 Å². The molecule has 1 aromatic heterocycles. The minimum absolute atomic E-state index is 0.133. The summed E-state index contributed by atoms with van der Waals surface area (Å²) in [5.41, 5.74) is 5.18. The lowest BCUT2D eigenvalue weighted by atomic mass is 10.1. The van der Waals surface area contributed by atoms with Gasteiger partial charge < -0.3 is 10.1 Å². The van der Waals surface area contributed by atoms with Gasteiger partial charge in [0.15, 0.2) is 0 Å². The van der Waals surface area contributed by atoms with E-state index in [1.807, 2.05) is 49.4 Å². The van der Waals surface area contributed by atoms with Crippen molar-refractivity contribution in [3.8, 4) is 5.75 Å². The normalized spacial score (nSPS) is 10.7. The van der Waals surface area contributed by atoms with Crippen LogP contribution in [0.3, 0.4) is 0 Å². The number of aryl methyl sites for hydroxylation is 4. The molecule has 5 heteroatoms. The molecule has 1 N–H and O–H groups in total. The Morgan fingerprint density at radius 1 is 1.07 bits per heavy atom. The van der Waals surface area contributed by atoms with E-state index < -0.39 is 0 Å². The Hall–Kier alpha value is -2.66. The summed E-state index contributed by atoms with van der Waals surface area (Å²) in [5, 5.41) is 3.73. The number of hydrogen-bond donors (Lipinski definition) is 1. The third-order valence-corrected chi connectivity index (χ3v) is 5.64. The Balaban J connectivity index is 1.65.